The van der Waals surface area contributed by atoms with Gasteiger partial charge in [0.15, 0.2) is 6.10 Å². The van der Waals surface area contributed by atoms with Crippen molar-refractivity contribution in [1.29, 1.82) is 0 Å². The zero-order valence-corrected chi connectivity index (χ0v) is 14.0. The topological polar surface area (TPSA) is 114 Å². The van der Waals surface area contributed by atoms with Crippen molar-refractivity contribution in [1.82, 2.24) is 10.6 Å². The SMILES string of the molecule is CNC(=O)NC(=O)[C@@H](C)OC(=O)c1ccc2c(c1)NC(=O)CCS2. The molecule has 128 valence electrons. The molecule has 0 saturated carbocycles. The number of thioether (sulfide) groups is 1. The number of hydrogen-bond acceptors (Lipinski definition) is 6. The number of rotatable bonds is 3. The molecule has 0 bridgehead atoms. The second kappa shape index (κ2) is 7.82. The van der Waals surface area contributed by atoms with Gasteiger partial charge in [0.1, 0.15) is 0 Å². The van der Waals surface area contributed by atoms with E-state index in [1.165, 1.54) is 31.8 Å². The number of fused-ring (bicyclic) bond motifs is 1. The van der Waals surface area contributed by atoms with Gasteiger partial charge >= 0.3 is 12.0 Å². The predicted octanol–water partition coefficient (Wildman–Crippen LogP) is 1.12. The number of amides is 4. The van der Waals surface area contributed by atoms with Crippen LogP contribution in [0.4, 0.5) is 10.5 Å². The Morgan fingerprint density at radius 1 is 1.33 bits per heavy atom. The number of nitrogens with one attached hydrogen (secondary N) is 3. The van der Waals surface area contributed by atoms with Gasteiger partial charge < -0.3 is 15.4 Å². The van der Waals surface area contributed by atoms with Crippen LogP contribution in [0.15, 0.2) is 23.1 Å². The van der Waals surface area contributed by atoms with E-state index in [1.54, 1.807) is 12.1 Å². The van der Waals surface area contributed by atoms with Crippen LogP contribution in [0.3, 0.4) is 0 Å². The van der Waals surface area contributed by atoms with Crippen LogP contribution >= 0.6 is 11.8 Å². The minimum atomic E-state index is -1.14. The molecular weight excluding hydrogens is 334 g/mol. The molecule has 1 heterocycles. The van der Waals surface area contributed by atoms with E-state index >= 15 is 0 Å². The van der Waals surface area contributed by atoms with Crippen LogP contribution < -0.4 is 16.0 Å². The van der Waals surface area contributed by atoms with Gasteiger partial charge in [0.25, 0.3) is 5.91 Å². The standard InChI is InChI=1S/C15H17N3O5S/c1-8(13(20)18-15(22)16-2)23-14(21)9-3-4-11-10(7-9)17-12(19)5-6-24-11/h3-4,7-8H,5-6H2,1-2H3,(H,17,19)(H2,16,18,20,22)/t8-/m1/s1. The molecule has 24 heavy (non-hydrogen) atoms. The van der Waals surface area contributed by atoms with Crippen molar-refractivity contribution < 1.29 is 23.9 Å². The lowest BCUT2D eigenvalue weighted by molar-refractivity contribution is -0.127. The Morgan fingerprint density at radius 3 is 2.79 bits per heavy atom. The van der Waals surface area contributed by atoms with Gasteiger partial charge in [-0.3, -0.25) is 14.9 Å². The first-order chi connectivity index (χ1) is 11.4. The minimum absolute atomic E-state index is 0.120. The maximum atomic E-state index is 12.1. The summed E-state index contributed by atoms with van der Waals surface area (Å²) in [4.78, 5) is 47.4. The summed E-state index contributed by atoms with van der Waals surface area (Å²) in [6.45, 7) is 1.36. The van der Waals surface area contributed by atoms with Crippen molar-refractivity contribution in [3.8, 4) is 0 Å². The number of ether oxygens (including phenoxy) is 1. The van der Waals surface area contributed by atoms with Gasteiger partial charge in [-0.1, -0.05) is 0 Å². The number of urea groups is 1. The van der Waals surface area contributed by atoms with Gasteiger partial charge in [-0.05, 0) is 25.1 Å². The van der Waals surface area contributed by atoms with Crippen molar-refractivity contribution in [2.24, 2.45) is 0 Å². The van der Waals surface area contributed by atoms with Gasteiger partial charge in [0, 0.05) is 24.1 Å². The highest BCUT2D eigenvalue weighted by molar-refractivity contribution is 7.99. The van der Waals surface area contributed by atoms with E-state index in [0.717, 1.165) is 4.90 Å². The monoisotopic (exact) mass is 351 g/mol. The van der Waals surface area contributed by atoms with E-state index in [2.05, 4.69) is 10.6 Å². The zero-order valence-electron chi connectivity index (χ0n) is 13.2. The van der Waals surface area contributed by atoms with E-state index in [1.807, 2.05) is 5.32 Å². The molecule has 3 N–H and O–H groups in total. The highest BCUT2D eigenvalue weighted by Crippen LogP contribution is 2.31. The fourth-order valence-corrected chi connectivity index (χ4v) is 2.84. The minimum Gasteiger partial charge on any atom is -0.449 e. The third-order valence-electron chi connectivity index (χ3n) is 3.19. The fraction of sp³-hybridized carbons (Fsp3) is 0.333. The van der Waals surface area contributed by atoms with E-state index in [9.17, 15) is 19.2 Å². The highest BCUT2D eigenvalue weighted by Gasteiger charge is 2.22. The van der Waals surface area contributed by atoms with E-state index in [0.29, 0.717) is 17.9 Å². The molecule has 0 radical (unpaired) electrons. The van der Waals surface area contributed by atoms with Gasteiger partial charge in [-0.2, -0.15) is 0 Å². The summed E-state index contributed by atoms with van der Waals surface area (Å²) in [6, 6.07) is 4.11. The Morgan fingerprint density at radius 2 is 2.08 bits per heavy atom. The Kier molecular flexibility index (Phi) is 5.80. The second-order valence-electron chi connectivity index (χ2n) is 4.97. The zero-order chi connectivity index (χ0) is 17.7. The molecule has 1 aromatic carbocycles. The van der Waals surface area contributed by atoms with Gasteiger partial charge in [-0.15, -0.1) is 11.8 Å². The van der Waals surface area contributed by atoms with Crippen LogP contribution in [-0.4, -0.2) is 42.7 Å². The normalized spacial score (nSPS) is 14.5. The van der Waals surface area contributed by atoms with Crippen LogP contribution in [-0.2, 0) is 14.3 Å². The Balaban J connectivity index is 2.06. The van der Waals surface area contributed by atoms with Gasteiger partial charge in [0.05, 0.1) is 11.3 Å². The molecule has 0 fully saturated rings. The molecule has 1 aliphatic rings. The summed E-state index contributed by atoms with van der Waals surface area (Å²) in [5.74, 6) is -0.911. The predicted molar refractivity (Wildman–Crippen MR) is 87.9 cm³/mol. The number of carbonyl (C=O) groups is 4. The number of esters is 1. The molecule has 0 saturated heterocycles. The molecule has 8 nitrogen and oxygen atoms in total. The van der Waals surface area contributed by atoms with Crippen LogP contribution in [0.2, 0.25) is 0 Å². The number of imide groups is 1. The van der Waals surface area contributed by atoms with Gasteiger partial charge in [-0.25, -0.2) is 9.59 Å². The molecule has 0 aliphatic carbocycles. The lowest BCUT2D eigenvalue weighted by Gasteiger charge is -2.13. The molecule has 0 spiro atoms. The second-order valence-corrected chi connectivity index (χ2v) is 6.11. The van der Waals surface area contributed by atoms with E-state index < -0.39 is 24.0 Å². The average molecular weight is 351 g/mol. The summed E-state index contributed by atoms with van der Waals surface area (Å²) in [6.07, 6.45) is -0.742. The fourth-order valence-electron chi connectivity index (χ4n) is 1.91. The summed E-state index contributed by atoms with van der Waals surface area (Å²) in [5.41, 5.74) is 0.746. The first-order valence-electron chi connectivity index (χ1n) is 7.21. The quantitative estimate of drug-likeness (QED) is 0.703. The highest BCUT2D eigenvalue weighted by atomic mass is 32.2. The summed E-state index contributed by atoms with van der Waals surface area (Å²) in [7, 11) is 1.36. The van der Waals surface area contributed by atoms with Crippen LogP contribution in [0.5, 0.6) is 0 Å². The first kappa shape index (κ1) is 17.8. The first-order valence-corrected chi connectivity index (χ1v) is 8.19. The van der Waals surface area contributed by atoms with Crippen molar-refractivity contribution >= 4 is 41.3 Å². The molecule has 1 aliphatic heterocycles. The summed E-state index contributed by atoms with van der Waals surface area (Å²) >= 11 is 1.52. The van der Waals surface area contributed by atoms with Crippen LogP contribution in [0.1, 0.15) is 23.7 Å². The molecule has 1 atom stereocenters. The Hall–Kier alpha value is -2.55. The largest absolute Gasteiger partial charge is 0.449 e. The maximum absolute atomic E-state index is 12.1. The molecule has 4 amide bonds. The molecule has 0 unspecified atom stereocenters. The lowest BCUT2D eigenvalue weighted by atomic mass is 10.2. The summed E-state index contributed by atoms with van der Waals surface area (Å²) < 4.78 is 5.04. The molecule has 2 rings (SSSR count). The third-order valence-corrected chi connectivity index (χ3v) is 4.27. The van der Waals surface area contributed by atoms with Crippen LogP contribution in [0, 0.1) is 0 Å². The average Bonchev–Trinajstić information content (AvgIpc) is 2.74. The molecule has 1 aromatic rings. The van der Waals surface area contributed by atoms with Crippen molar-refractivity contribution in [3.63, 3.8) is 0 Å². The van der Waals surface area contributed by atoms with Gasteiger partial charge in [0.2, 0.25) is 5.91 Å². The smallest absolute Gasteiger partial charge is 0.338 e. The molecule has 0 aromatic heterocycles. The molecule has 9 heteroatoms. The number of hydrogen-bond donors (Lipinski definition) is 3. The lowest BCUT2D eigenvalue weighted by Crippen LogP contribution is -2.43. The van der Waals surface area contributed by atoms with Crippen molar-refractivity contribution in [2.45, 2.75) is 24.3 Å². The van der Waals surface area contributed by atoms with E-state index in [-0.39, 0.29) is 11.5 Å². The maximum Gasteiger partial charge on any atom is 0.338 e. The number of benzene rings is 1. The van der Waals surface area contributed by atoms with Crippen molar-refractivity contribution in [3.05, 3.63) is 23.8 Å². The number of carbonyl (C=O) groups excluding carboxylic acids is 4. The number of anilines is 1. The summed E-state index contributed by atoms with van der Waals surface area (Å²) in [5, 5.41) is 6.98. The Bertz CT molecular complexity index is 692. The van der Waals surface area contributed by atoms with E-state index in [4.69, 9.17) is 4.74 Å². The van der Waals surface area contributed by atoms with Crippen molar-refractivity contribution in [2.75, 3.05) is 18.1 Å². The third kappa shape index (κ3) is 4.48. The molecular formula is C15H17N3O5S. The van der Waals surface area contributed by atoms with Crippen LogP contribution in [0.25, 0.3) is 0 Å². The Labute approximate surface area is 142 Å².